The summed E-state index contributed by atoms with van der Waals surface area (Å²) in [6, 6.07) is 24.6. The van der Waals surface area contributed by atoms with Crippen molar-refractivity contribution in [1.29, 1.82) is 0 Å². The first-order valence-corrected chi connectivity index (χ1v) is 15.1. The largest absolute Gasteiger partial charge is 0.350 e. The lowest BCUT2D eigenvalue weighted by Crippen LogP contribution is -2.56. The molecule has 3 aromatic carbocycles. The predicted molar refractivity (Wildman–Crippen MR) is 163 cm³/mol. The molecule has 40 heavy (non-hydrogen) atoms. The van der Waals surface area contributed by atoms with Gasteiger partial charge < -0.3 is 10.2 Å². The number of carbonyl (C=O) groups is 2. The third-order valence-corrected chi connectivity index (χ3v) is 8.45. The van der Waals surface area contributed by atoms with Crippen LogP contribution in [-0.4, -0.2) is 61.7 Å². The summed E-state index contributed by atoms with van der Waals surface area (Å²) < 4.78 is 29.8. The van der Waals surface area contributed by atoms with E-state index in [2.05, 4.69) is 21.2 Å². The van der Waals surface area contributed by atoms with Crippen molar-refractivity contribution in [2.45, 2.75) is 45.3 Å². The van der Waals surface area contributed by atoms with Gasteiger partial charge >= 0.3 is 10.2 Å². The molecule has 3 aromatic rings. The maximum Gasteiger partial charge on any atom is 0.304 e. The number of hydrogen-bond acceptors (Lipinski definition) is 4. The van der Waals surface area contributed by atoms with Crippen LogP contribution in [0.15, 0.2) is 89.4 Å². The minimum Gasteiger partial charge on any atom is -0.350 e. The number of anilines is 1. The number of nitrogens with zero attached hydrogens (tertiary/aromatic N) is 3. The molecule has 0 spiro atoms. The lowest BCUT2D eigenvalue weighted by molar-refractivity contribution is -0.140. The minimum absolute atomic E-state index is 0.117. The molecule has 10 heteroatoms. The van der Waals surface area contributed by atoms with E-state index in [9.17, 15) is 18.0 Å². The van der Waals surface area contributed by atoms with Crippen LogP contribution < -0.4 is 9.62 Å². The molecule has 0 aliphatic carbocycles. The summed E-state index contributed by atoms with van der Waals surface area (Å²) >= 11 is 3.44. The molecule has 0 aliphatic rings. The number of rotatable bonds is 11. The van der Waals surface area contributed by atoms with E-state index < -0.39 is 34.2 Å². The quantitative estimate of drug-likeness (QED) is 0.336. The summed E-state index contributed by atoms with van der Waals surface area (Å²) in [6.45, 7) is 5.28. The molecule has 0 fully saturated rings. The summed E-state index contributed by atoms with van der Waals surface area (Å²) in [7, 11) is -1.18. The van der Waals surface area contributed by atoms with Gasteiger partial charge in [-0.2, -0.15) is 12.7 Å². The minimum atomic E-state index is -4.02. The van der Waals surface area contributed by atoms with E-state index in [0.717, 1.165) is 24.2 Å². The molecule has 0 saturated carbocycles. The fraction of sp³-hybridized carbons (Fsp3) is 0.333. The molecule has 2 amide bonds. The molecule has 0 bridgehead atoms. The second-order valence-electron chi connectivity index (χ2n) is 10.7. The number of benzene rings is 3. The van der Waals surface area contributed by atoms with Gasteiger partial charge in [-0.1, -0.05) is 76.6 Å². The SMILES string of the molecule is CN(C)S(=O)(=O)N(CC(=O)N(Cc1ccc(Br)cc1)C(Cc1ccccc1)C(=O)NC(C)(C)C)c1ccccc1. The van der Waals surface area contributed by atoms with Crippen LogP contribution in [0.3, 0.4) is 0 Å². The smallest absolute Gasteiger partial charge is 0.304 e. The van der Waals surface area contributed by atoms with Gasteiger partial charge in [0.25, 0.3) is 0 Å². The van der Waals surface area contributed by atoms with Crippen molar-refractivity contribution in [2.75, 3.05) is 24.9 Å². The Bertz CT molecular complexity index is 1380. The van der Waals surface area contributed by atoms with Crippen LogP contribution >= 0.6 is 15.9 Å². The highest BCUT2D eigenvalue weighted by Gasteiger charge is 2.35. The third-order valence-electron chi connectivity index (χ3n) is 6.10. The van der Waals surface area contributed by atoms with Gasteiger partial charge in [-0.05, 0) is 56.2 Å². The zero-order valence-electron chi connectivity index (χ0n) is 23.5. The average molecular weight is 630 g/mol. The van der Waals surface area contributed by atoms with E-state index in [4.69, 9.17) is 0 Å². The van der Waals surface area contributed by atoms with Gasteiger partial charge in [0.2, 0.25) is 11.8 Å². The van der Waals surface area contributed by atoms with Gasteiger partial charge in [0.1, 0.15) is 12.6 Å². The summed E-state index contributed by atoms with van der Waals surface area (Å²) in [5, 5.41) is 3.02. The molecule has 0 heterocycles. The van der Waals surface area contributed by atoms with Crippen LogP contribution in [0, 0.1) is 0 Å². The van der Waals surface area contributed by atoms with Crippen LogP contribution in [-0.2, 0) is 32.8 Å². The molecule has 8 nitrogen and oxygen atoms in total. The maximum atomic E-state index is 14.2. The van der Waals surface area contributed by atoms with E-state index >= 15 is 0 Å². The zero-order chi connectivity index (χ0) is 29.5. The molecule has 1 unspecified atom stereocenters. The first kappa shape index (κ1) is 31.3. The van der Waals surface area contributed by atoms with Crippen LogP contribution in [0.2, 0.25) is 0 Å². The van der Waals surface area contributed by atoms with E-state index in [0.29, 0.717) is 5.69 Å². The zero-order valence-corrected chi connectivity index (χ0v) is 25.9. The van der Waals surface area contributed by atoms with E-state index in [1.165, 1.54) is 19.0 Å². The van der Waals surface area contributed by atoms with Gasteiger partial charge in [-0.25, -0.2) is 4.31 Å². The van der Waals surface area contributed by atoms with Crippen molar-refractivity contribution in [1.82, 2.24) is 14.5 Å². The Labute approximate surface area is 246 Å². The van der Waals surface area contributed by atoms with Crippen LogP contribution in [0.1, 0.15) is 31.9 Å². The van der Waals surface area contributed by atoms with Crippen LogP contribution in [0.25, 0.3) is 0 Å². The van der Waals surface area contributed by atoms with Crippen molar-refractivity contribution >= 4 is 43.6 Å². The van der Waals surface area contributed by atoms with Gasteiger partial charge in [-0.3, -0.25) is 9.59 Å². The summed E-state index contributed by atoms with van der Waals surface area (Å²) in [5.41, 5.74) is 1.50. The Balaban J connectivity index is 2.09. The molecule has 214 valence electrons. The summed E-state index contributed by atoms with van der Waals surface area (Å²) in [4.78, 5) is 29.4. The molecule has 1 atom stereocenters. The number of para-hydroxylation sites is 1. The first-order valence-electron chi connectivity index (χ1n) is 12.9. The second-order valence-corrected chi connectivity index (χ2v) is 13.7. The third kappa shape index (κ3) is 8.64. The van der Waals surface area contributed by atoms with E-state index in [1.54, 1.807) is 30.3 Å². The Morgan fingerprint density at radius 1 is 0.850 bits per heavy atom. The summed E-state index contributed by atoms with van der Waals surface area (Å²) in [6.07, 6.45) is 0.261. The number of amides is 2. The van der Waals surface area contributed by atoms with Gasteiger partial charge in [0.05, 0.1) is 5.69 Å². The molecule has 0 radical (unpaired) electrons. The van der Waals surface area contributed by atoms with Crippen molar-refractivity contribution in [3.8, 4) is 0 Å². The molecular weight excluding hydrogens is 592 g/mol. The monoisotopic (exact) mass is 628 g/mol. The Morgan fingerprint density at radius 2 is 1.40 bits per heavy atom. The Hall–Kier alpha value is -3.21. The van der Waals surface area contributed by atoms with Crippen molar-refractivity contribution < 1.29 is 18.0 Å². The highest BCUT2D eigenvalue weighted by Crippen LogP contribution is 2.22. The molecule has 1 N–H and O–H groups in total. The molecule has 0 saturated heterocycles. The number of hydrogen-bond donors (Lipinski definition) is 1. The Kier molecular flexibility index (Phi) is 10.5. The number of nitrogens with one attached hydrogen (secondary N) is 1. The number of carbonyl (C=O) groups excluding carboxylic acids is 2. The standard InChI is InChI=1S/C30H37BrN4O4S/c1-30(2,3)32-29(37)27(20-23-12-8-6-9-13-23)34(21-24-16-18-25(31)19-17-24)28(36)22-35(40(38,39)33(4)5)26-14-10-7-11-15-26/h6-19,27H,20-22H2,1-5H3,(H,32,37). The predicted octanol–water partition coefficient (Wildman–Crippen LogP) is 4.62. The van der Waals surface area contributed by atoms with Crippen molar-refractivity contribution in [2.24, 2.45) is 0 Å². The highest BCUT2D eigenvalue weighted by molar-refractivity contribution is 9.10. The lowest BCUT2D eigenvalue weighted by Gasteiger charge is -2.35. The normalized spacial score (nSPS) is 12.6. The molecular formula is C30H37BrN4O4S. The average Bonchev–Trinajstić information content (AvgIpc) is 2.90. The van der Waals surface area contributed by atoms with Crippen molar-refractivity contribution in [3.63, 3.8) is 0 Å². The summed E-state index contributed by atoms with van der Waals surface area (Å²) in [5.74, 6) is -0.814. The van der Waals surface area contributed by atoms with E-state index in [-0.39, 0.29) is 18.9 Å². The molecule has 0 aliphatic heterocycles. The van der Waals surface area contributed by atoms with Crippen molar-refractivity contribution in [3.05, 3.63) is 101 Å². The fourth-order valence-corrected chi connectivity index (χ4v) is 5.42. The van der Waals surface area contributed by atoms with E-state index in [1.807, 2.05) is 75.4 Å². The van der Waals surface area contributed by atoms with Gasteiger partial charge in [-0.15, -0.1) is 0 Å². The lowest BCUT2D eigenvalue weighted by atomic mass is 10.0. The topological polar surface area (TPSA) is 90.0 Å². The van der Waals surface area contributed by atoms with Crippen LogP contribution in [0.4, 0.5) is 5.69 Å². The van der Waals surface area contributed by atoms with Crippen LogP contribution in [0.5, 0.6) is 0 Å². The van der Waals surface area contributed by atoms with Gasteiger partial charge in [0.15, 0.2) is 0 Å². The fourth-order valence-electron chi connectivity index (χ4n) is 4.10. The molecule has 3 rings (SSSR count). The number of halogens is 1. The maximum absolute atomic E-state index is 14.2. The molecule has 0 aromatic heterocycles. The second kappa shape index (κ2) is 13.4. The highest BCUT2D eigenvalue weighted by atomic mass is 79.9. The Morgan fingerprint density at radius 3 is 1.93 bits per heavy atom. The van der Waals surface area contributed by atoms with Gasteiger partial charge in [0, 0.05) is 37.1 Å². The first-order chi connectivity index (χ1) is 18.8.